The molecule has 3 aliphatic rings. The molecule has 2 aliphatic carbocycles. The summed E-state index contributed by atoms with van der Waals surface area (Å²) in [7, 11) is 0. The Bertz CT molecular complexity index is 351. The van der Waals surface area contributed by atoms with Gasteiger partial charge in [-0.25, -0.2) is 0 Å². The Kier molecular flexibility index (Phi) is 4.34. The van der Waals surface area contributed by atoms with E-state index in [2.05, 4.69) is 6.92 Å². The molecule has 0 spiro atoms. The smallest absolute Gasteiger partial charge is 0.228 e. The number of carbonyl (C=O) groups is 1. The summed E-state index contributed by atoms with van der Waals surface area (Å²) in [6, 6.07) is 0. The molecule has 3 rings (SSSR count). The summed E-state index contributed by atoms with van der Waals surface area (Å²) in [5.74, 6) is 2.22. The molecule has 1 aliphatic heterocycles. The third-order valence-electron chi connectivity index (χ3n) is 6.11. The van der Waals surface area contributed by atoms with E-state index in [-0.39, 0.29) is 11.8 Å². The van der Waals surface area contributed by atoms with E-state index in [1.54, 1.807) is 0 Å². The fourth-order valence-electron chi connectivity index (χ4n) is 4.70. The quantitative estimate of drug-likeness (QED) is 0.862. The number of amides is 1. The number of aliphatic hydroxyl groups excluding tert-OH is 1. The van der Waals surface area contributed by atoms with E-state index in [1.165, 1.54) is 51.4 Å². The van der Waals surface area contributed by atoms with Crippen LogP contribution in [0.1, 0.15) is 64.7 Å². The van der Waals surface area contributed by atoms with E-state index in [0.29, 0.717) is 24.2 Å². The van der Waals surface area contributed by atoms with Crippen molar-refractivity contribution in [3.05, 3.63) is 0 Å². The first-order valence-corrected chi connectivity index (χ1v) is 8.65. The number of likely N-dealkylation sites (tertiary alicyclic amines) is 1. The van der Waals surface area contributed by atoms with Crippen LogP contribution in [-0.2, 0) is 4.79 Å². The Balaban J connectivity index is 1.62. The minimum Gasteiger partial charge on any atom is -0.373 e. The van der Waals surface area contributed by atoms with Gasteiger partial charge in [-0.1, -0.05) is 39.0 Å². The second kappa shape index (κ2) is 6.05. The van der Waals surface area contributed by atoms with Gasteiger partial charge in [0.25, 0.3) is 0 Å². The minimum absolute atomic E-state index is 0.117. The summed E-state index contributed by atoms with van der Waals surface area (Å²) >= 11 is 0. The van der Waals surface area contributed by atoms with Gasteiger partial charge >= 0.3 is 0 Å². The van der Waals surface area contributed by atoms with E-state index >= 15 is 0 Å². The van der Waals surface area contributed by atoms with E-state index in [0.717, 1.165) is 6.54 Å². The normalized spacial score (nSPS) is 39.7. The molecule has 0 aromatic rings. The lowest BCUT2D eigenvalue weighted by Crippen LogP contribution is -2.40. The van der Waals surface area contributed by atoms with Crippen LogP contribution in [0.5, 0.6) is 0 Å². The van der Waals surface area contributed by atoms with Gasteiger partial charge in [0.1, 0.15) is 6.23 Å². The molecule has 0 bridgehead atoms. The van der Waals surface area contributed by atoms with Crippen molar-refractivity contribution >= 4 is 5.91 Å². The van der Waals surface area contributed by atoms with Gasteiger partial charge in [0, 0.05) is 18.9 Å². The number of carbonyl (C=O) groups excluding carboxylic acids is 1. The zero-order valence-corrected chi connectivity index (χ0v) is 12.8. The predicted octanol–water partition coefficient (Wildman–Crippen LogP) is 3.17. The topological polar surface area (TPSA) is 40.5 Å². The number of rotatable bonds is 3. The lowest BCUT2D eigenvalue weighted by molar-refractivity contribution is -0.138. The van der Waals surface area contributed by atoms with E-state index in [4.69, 9.17) is 0 Å². The first-order chi connectivity index (χ1) is 9.66. The lowest BCUT2D eigenvalue weighted by atomic mass is 9.80. The van der Waals surface area contributed by atoms with Gasteiger partial charge in [-0.15, -0.1) is 0 Å². The van der Waals surface area contributed by atoms with Crippen LogP contribution >= 0.6 is 0 Å². The standard InChI is InChI=1S/C17H29NO2/c1-12-6-2-3-9-14(12)11-18-16(19)10-15(17(18)20)13-7-4-5-8-13/h12-16,19H,2-11H2,1H3. The summed E-state index contributed by atoms with van der Waals surface area (Å²) in [6.45, 7) is 3.11. The van der Waals surface area contributed by atoms with Crippen LogP contribution in [0.3, 0.4) is 0 Å². The SMILES string of the molecule is CC1CCCCC1CN1C(=O)C(C2CCCC2)CC1O. The zero-order valence-electron chi connectivity index (χ0n) is 12.8. The van der Waals surface area contributed by atoms with Crippen LogP contribution in [0.2, 0.25) is 0 Å². The summed E-state index contributed by atoms with van der Waals surface area (Å²) in [6.07, 6.45) is 10.2. The molecule has 1 N–H and O–H groups in total. The second-order valence-corrected chi connectivity index (χ2v) is 7.38. The van der Waals surface area contributed by atoms with Crippen LogP contribution in [0.25, 0.3) is 0 Å². The van der Waals surface area contributed by atoms with Gasteiger partial charge < -0.3 is 10.0 Å². The minimum atomic E-state index is -0.512. The maximum absolute atomic E-state index is 12.6. The monoisotopic (exact) mass is 279 g/mol. The molecule has 3 fully saturated rings. The summed E-state index contributed by atoms with van der Waals surface area (Å²) in [4.78, 5) is 14.5. The molecular weight excluding hydrogens is 250 g/mol. The highest BCUT2D eigenvalue weighted by Gasteiger charge is 2.44. The van der Waals surface area contributed by atoms with E-state index < -0.39 is 6.23 Å². The summed E-state index contributed by atoms with van der Waals surface area (Å²) in [5.41, 5.74) is 0. The zero-order chi connectivity index (χ0) is 14.1. The number of hydrogen-bond acceptors (Lipinski definition) is 2. The molecule has 0 aromatic carbocycles. The highest BCUT2D eigenvalue weighted by molar-refractivity contribution is 5.81. The molecule has 4 atom stereocenters. The third-order valence-corrected chi connectivity index (χ3v) is 6.11. The molecular formula is C17H29NO2. The van der Waals surface area contributed by atoms with Gasteiger partial charge in [-0.05, 0) is 37.0 Å². The lowest BCUT2D eigenvalue weighted by Gasteiger charge is -2.33. The van der Waals surface area contributed by atoms with Crippen molar-refractivity contribution < 1.29 is 9.90 Å². The van der Waals surface area contributed by atoms with Crippen molar-refractivity contribution in [3.8, 4) is 0 Å². The van der Waals surface area contributed by atoms with Gasteiger partial charge in [0.05, 0.1) is 0 Å². The van der Waals surface area contributed by atoms with Gasteiger partial charge in [-0.2, -0.15) is 0 Å². The van der Waals surface area contributed by atoms with Crippen LogP contribution in [-0.4, -0.2) is 28.7 Å². The Morgan fingerprint density at radius 1 is 1.10 bits per heavy atom. The average Bonchev–Trinajstić information content (AvgIpc) is 3.04. The molecule has 1 saturated heterocycles. The van der Waals surface area contributed by atoms with Crippen molar-refractivity contribution in [3.63, 3.8) is 0 Å². The first kappa shape index (κ1) is 14.4. The molecule has 114 valence electrons. The average molecular weight is 279 g/mol. The Morgan fingerprint density at radius 2 is 1.75 bits per heavy atom. The van der Waals surface area contributed by atoms with Crippen molar-refractivity contribution in [2.24, 2.45) is 23.7 Å². The van der Waals surface area contributed by atoms with Gasteiger partial charge in [-0.3, -0.25) is 4.79 Å². The Hall–Kier alpha value is -0.570. The molecule has 2 saturated carbocycles. The van der Waals surface area contributed by atoms with E-state index in [1.807, 2.05) is 4.90 Å². The van der Waals surface area contributed by atoms with Crippen molar-refractivity contribution in [1.82, 2.24) is 4.90 Å². The molecule has 20 heavy (non-hydrogen) atoms. The maximum atomic E-state index is 12.6. The van der Waals surface area contributed by atoms with Crippen molar-refractivity contribution in [2.75, 3.05) is 6.54 Å². The van der Waals surface area contributed by atoms with Crippen LogP contribution in [0.15, 0.2) is 0 Å². The van der Waals surface area contributed by atoms with Crippen molar-refractivity contribution in [1.29, 1.82) is 0 Å². The third kappa shape index (κ3) is 2.74. The predicted molar refractivity (Wildman–Crippen MR) is 78.9 cm³/mol. The molecule has 3 nitrogen and oxygen atoms in total. The number of hydrogen-bond donors (Lipinski definition) is 1. The van der Waals surface area contributed by atoms with Crippen LogP contribution in [0.4, 0.5) is 0 Å². The molecule has 1 heterocycles. The molecule has 0 radical (unpaired) electrons. The van der Waals surface area contributed by atoms with Crippen molar-refractivity contribution in [2.45, 2.75) is 70.9 Å². The van der Waals surface area contributed by atoms with E-state index in [9.17, 15) is 9.90 Å². The summed E-state index contributed by atoms with van der Waals surface area (Å²) in [5, 5.41) is 10.3. The fraction of sp³-hybridized carbons (Fsp3) is 0.941. The highest BCUT2D eigenvalue weighted by Crippen LogP contribution is 2.40. The highest BCUT2D eigenvalue weighted by atomic mass is 16.3. The Labute approximate surface area is 122 Å². The molecule has 3 heteroatoms. The largest absolute Gasteiger partial charge is 0.373 e. The fourth-order valence-corrected chi connectivity index (χ4v) is 4.70. The molecule has 4 unspecified atom stereocenters. The Morgan fingerprint density at radius 3 is 2.45 bits per heavy atom. The number of nitrogens with zero attached hydrogens (tertiary/aromatic N) is 1. The summed E-state index contributed by atoms with van der Waals surface area (Å²) < 4.78 is 0. The molecule has 0 aromatic heterocycles. The number of aliphatic hydroxyl groups is 1. The second-order valence-electron chi connectivity index (χ2n) is 7.38. The molecule has 1 amide bonds. The van der Waals surface area contributed by atoms with Gasteiger partial charge in [0.15, 0.2) is 0 Å². The van der Waals surface area contributed by atoms with Crippen LogP contribution in [0, 0.1) is 23.7 Å². The first-order valence-electron chi connectivity index (χ1n) is 8.65. The van der Waals surface area contributed by atoms with Gasteiger partial charge in [0.2, 0.25) is 5.91 Å². The maximum Gasteiger partial charge on any atom is 0.228 e. The van der Waals surface area contributed by atoms with Crippen LogP contribution < -0.4 is 0 Å².